The highest BCUT2D eigenvalue weighted by Gasteiger charge is 2.44. The van der Waals surface area contributed by atoms with Crippen molar-refractivity contribution in [2.45, 2.75) is 57.9 Å². The molecule has 6 unspecified atom stereocenters. The van der Waals surface area contributed by atoms with Gasteiger partial charge in [0, 0.05) is 5.92 Å². The molecule has 0 radical (unpaired) electrons. The van der Waals surface area contributed by atoms with E-state index in [9.17, 15) is 20.1 Å². The molecule has 0 aromatic rings. The number of aliphatic hydroxyl groups excluding tert-OH is 4. The first-order valence-corrected chi connectivity index (χ1v) is 7.89. The molecule has 0 aromatic heterocycles. The van der Waals surface area contributed by atoms with Crippen molar-refractivity contribution in [1.82, 2.24) is 0 Å². The monoisotopic (exact) mass is 332 g/mol. The summed E-state index contributed by atoms with van der Waals surface area (Å²) >= 11 is 0. The van der Waals surface area contributed by atoms with Crippen molar-refractivity contribution in [3.05, 3.63) is 12.2 Å². The molecular weight excluding hydrogens is 304 g/mol. The molecule has 134 valence electrons. The molecule has 23 heavy (non-hydrogen) atoms. The Morgan fingerprint density at radius 1 is 1.17 bits per heavy atom. The quantitative estimate of drug-likeness (QED) is 0.447. The lowest BCUT2D eigenvalue weighted by Crippen LogP contribution is -2.59. The second kappa shape index (κ2) is 9.46. The van der Waals surface area contributed by atoms with Gasteiger partial charge in [0.25, 0.3) is 0 Å². The standard InChI is InChI=1S/C16H28O7/c1-9(2)5-4-6-10(3)11(18)8-22-16-15(21)14(20)13(19)12(7-17)23-16/h4-5,9-10,12-17,19-21H,6-8H2,1-3H3. The van der Waals surface area contributed by atoms with Crippen LogP contribution in [0.1, 0.15) is 27.2 Å². The maximum atomic E-state index is 12.0. The van der Waals surface area contributed by atoms with E-state index in [1.54, 1.807) is 6.92 Å². The highest BCUT2D eigenvalue weighted by molar-refractivity contribution is 5.82. The minimum absolute atomic E-state index is 0.157. The molecule has 0 bridgehead atoms. The molecule has 4 N–H and O–H groups in total. The van der Waals surface area contributed by atoms with Gasteiger partial charge in [-0.2, -0.15) is 0 Å². The van der Waals surface area contributed by atoms with Gasteiger partial charge in [-0.1, -0.05) is 32.9 Å². The molecule has 1 heterocycles. The van der Waals surface area contributed by atoms with Crippen molar-refractivity contribution in [1.29, 1.82) is 0 Å². The highest BCUT2D eigenvalue weighted by atomic mass is 16.7. The number of carbonyl (C=O) groups is 1. The fourth-order valence-electron chi connectivity index (χ4n) is 2.20. The van der Waals surface area contributed by atoms with Crippen molar-refractivity contribution in [3.63, 3.8) is 0 Å². The summed E-state index contributed by atoms with van der Waals surface area (Å²) in [6, 6.07) is 0. The molecule has 0 aromatic carbocycles. The number of Topliss-reactive ketones (excluding diaryl/α,β-unsaturated/α-hetero) is 1. The number of rotatable bonds is 8. The van der Waals surface area contributed by atoms with E-state index < -0.39 is 37.3 Å². The third-order valence-corrected chi connectivity index (χ3v) is 3.80. The van der Waals surface area contributed by atoms with Crippen LogP contribution >= 0.6 is 0 Å². The summed E-state index contributed by atoms with van der Waals surface area (Å²) in [6.07, 6.45) is -2.19. The van der Waals surface area contributed by atoms with Crippen LogP contribution in [0.3, 0.4) is 0 Å². The van der Waals surface area contributed by atoms with Gasteiger partial charge in [0.2, 0.25) is 0 Å². The maximum absolute atomic E-state index is 12.0. The zero-order valence-corrected chi connectivity index (χ0v) is 13.8. The fraction of sp³-hybridized carbons (Fsp3) is 0.812. The first-order valence-electron chi connectivity index (χ1n) is 7.89. The van der Waals surface area contributed by atoms with Crippen molar-refractivity contribution in [3.8, 4) is 0 Å². The second-order valence-corrected chi connectivity index (χ2v) is 6.28. The molecule has 0 amide bonds. The van der Waals surface area contributed by atoms with Gasteiger partial charge >= 0.3 is 0 Å². The second-order valence-electron chi connectivity index (χ2n) is 6.28. The molecule has 0 aliphatic carbocycles. The van der Waals surface area contributed by atoms with Crippen molar-refractivity contribution in [2.24, 2.45) is 11.8 Å². The Morgan fingerprint density at radius 2 is 1.83 bits per heavy atom. The van der Waals surface area contributed by atoms with Gasteiger partial charge in [-0.05, 0) is 12.3 Å². The van der Waals surface area contributed by atoms with E-state index >= 15 is 0 Å². The van der Waals surface area contributed by atoms with E-state index in [-0.39, 0.29) is 18.3 Å². The summed E-state index contributed by atoms with van der Waals surface area (Å²) in [5, 5.41) is 38.2. The van der Waals surface area contributed by atoms with E-state index in [2.05, 4.69) is 0 Å². The molecule has 7 heteroatoms. The summed E-state index contributed by atoms with van der Waals surface area (Å²) in [5.74, 6) is 0.0212. The molecule has 6 atom stereocenters. The fourth-order valence-corrected chi connectivity index (χ4v) is 2.20. The van der Waals surface area contributed by atoms with Crippen LogP contribution < -0.4 is 0 Å². The Kier molecular flexibility index (Phi) is 8.32. The van der Waals surface area contributed by atoms with Crippen molar-refractivity contribution in [2.75, 3.05) is 13.2 Å². The molecule has 1 saturated heterocycles. The van der Waals surface area contributed by atoms with Crippen molar-refractivity contribution >= 4 is 5.78 Å². The third-order valence-electron chi connectivity index (χ3n) is 3.80. The molecule has 1 rings (SSSR count). The van der Waals surface area contributed by atoms with Crippen LogP contribution in [-0.2, 0) is 14.3 Å². The van der Waals surface area contributed by atoms with Gasteiger partial charge in [-0.3, -0.25) is 4.79 Å². The van der Waals surface area contributed by atoms with Gasteiger partial charge in [0.15, 0.2) is 12.1 Å². The number of aliphatic hydroxyl groups is 4. The molecule has 1 aliphatic rings. The Hall–Kier alpha value is -0.830. The minimum atomic E-state index is -1.51. The smallest absolute Gasteiger partial charge is 0.187 e. The Labute approximate surface area is 136 Å². The number of hydrogen-bond acceptors (Lipinski definition) is 7. The van der Waals surface area contributed by atoms with Gasteiger partial charge in [-0.25, -0.2) is 0 Å². The van der Waals surface area contributed by atoms with Crippen LogP contribution in [0.5, 0.6) is 0 Å². The molecular formula is C16H28O7. The van der Waals surface area contributed by atoms with E-state index in [0.717, 1.165) is 0 Å². The lowest BCUT2D eigenvalue weighted by atomic mass is 9.99. The van der Waals surface area contributed by atoms with Gasteiger partial charge in [-0.15, -0.1) is 0 Å². The zero-order chi connectivity index (χ0) is 17.6. The highest BCUT2D eigenvalue weighted by Crippen LogP contribution is 2.22. The van der Waals surface area contributed by atoms with Gasteiger partial charge in [0.1, 0.15) is 31.0 Å². The topological polar surface area (TPSA) is 116 Å². The number of allylic oxidation sites excluding steroid dienone is 2. The Morgan fingerprint density at radius 3 is 2.39 bits per heavy atom. The van der Waals surface area contributed by atoms with E-state index in [1.807, 2.05) is 26.0 Å². The summed E-state index contributed by atoms with van der Waals surface area (Å²) < 4.78 is 10.4. The number of carbonyl (C=O) groups excluding carboxylic acids is 1. The molecule has 1 fully saturated rings. The predicted molar refractivity (Wildman–Crippen MR) is 82.5 cm³/mol. The summed E-state index contributed by atoms with van der Waals surface area (Å²) in [7, 11) is 0. The Bertz CT molecular complexity index is 394. The maximum Gasteiger partial charge on any atom is 0.187 e. The van der Waals surface area contributed by atoms with Crippen LogP contribution in [0, 0.1) is 11.8 Å². The Balaban J connectivity index is 2.48. The first kappa shape index (κ1) is 20.2. The number of ketones is 1. The molecule has 1 aliphatic heterocycles. The molecule has 7 nitrogen and oxygen atoms in total. The predicted octanol–water partition coefficient (Wildman–Crippen LogP) is -0.390. The van der Waals surface area contributed by atoms with Gasteiger partial charge in [0.05, 0.1) is 6.61 Å². The van der Waals surface area contributed by atoms with Crippen molar-refractivity contribution < 1.29 is 34.7 Å². The van der Waals surface area contributed by atoms with Crippen LogP contribution in [0.2, 0.25) is 0 Å². The minimum Gasteiger partial charge on any atom is -0.394 e. The number of ether oxygens (including phenoxy) is 2. The SMILES string of the molecule is CC(C)C=CCC(C)C(=O)COC1OC(CO)C(O)C(O)C1O. The average Bonchev–Trinajstić information content (AvgIpc) is 2.51. The van der Waals surface area contributed by atoms with Crippen LogP contribution in [0.15, 0.2) is 12.2 Å². The van der Waals surface area contributed by atoms with E-state index in [4.69, 9.17) is 14.6 Å². The normalized spacial score (nSPS) is 33.3. The van der Waals surface area contributed by atoms with Crippen LogP contribution in [-0.4, -0.2) is 70.1 Å². The third kappa shape index (κ3) is 5.95. The lowest BCUT2D eigenvalue weighted by molar-refractivity contribution is -0.299. The zero-order valence-electron chi connectivity index (χ0n) is 13.8. The molecule has 0 saturated carbocycles. The van der Waals surface area contributed by atoms with Crippen LogP contribution in [0.4, 0.5) is 0 Å². The molecule has 0 spiro atoms. The first-order chi connectivity index (χ1) is 10.8. The van der Waals surface area contributed by atoms with E-state index in [1.165, 1.54) is 0 Å². The van der Waals surface area contributed by atoms with Gasteiger partial charge < -0.3 is 29.9 Å². The summed E-state index contributed by atoms with van der Waals surface area (Å²) in [5.41, 5.74) is 0. The summed E-state index contributed by atoms with van der Waals surface area (Å²) in [6.45, 7) is 5.06. The number of hydrogen-bond donors (Lipinski definition) is 4. The summed E-state index contributed by atoms with van der Waals surface area (Å²) in [4.78, 5) is 12.0. The average molecular weight is 332 g/mol. The van der Waals surface area contributed by atoms with E-state index in [0.29, 0.717) is 12.3 Å². The van der Waals surface area contributed by atoms with Crippen LogP contribution in [0.25, 0.3) is 0 Å². The lowest BCUT2D eigenvalue weighted by Gasteiger charge is -2.39. The largest absolute Gasteiger partial charge is 0.394 e.